The van der Waals surface area contributed by atoms with Gasteiger partial charge in [-0.1, -0.05) is 38.7 Å². The average molecular weight is 194 g/mol. The van der Waals surface area contributed by atoms with E-state index in [0.717, 1.165) is 11.1 Å². The van der Waals surface area contributed by atoms with Crippen LogP contribution in [-0.4, -0.2) is 13.1 Å². The van der Waals surface area contributed by atoms with Gasteiger partial charge in [-0.2, -0.15) is 0 Å². The van der Waals surface area contributed by atoms with Crippen molar-refractivity contribution in [2.45, 2.75) is 20.8 Å². The lowest BCUT2D eigenvalue weighted by Gasteiger charge is -2.25. The van der Waals surface area contributed by atoms with Gasteiger partial charge in [-0.25, -0.2) is 4.79 Å². The van der Waals surface area contributed by atoms with Crippen molar-refractivity contribution in [2.24, 2.45) is 5.41 Å². The molecule has 0 spiro atoms. The molecule has 0 aromatic rings. The first-order valence-electron chi connectivity index (χ1n) is 4.43. The van der Waals surface area contributed by atoms with Crippen LogP contribution in [0.5, 0.6) is 0 Å². The van der Waals surface area contributed by atoms with Crippen LogP contribution in [0.4, 0.5) is 0 Å². The summed E-state index contributed by atoms with van der Waals surface area (Å²) in [6.07, 6.45) is 3.04. The topological polar surface area (TPSA) is 26.3 Å². The highest BCUT2D eigenvalue weighted by molar-refractivity contribution is 5.82. The molecule has 0 heterocycles. The van der Waals surface area contributed by atoms with Crippen LogP contribution < -0.4 is 0 Å². The Bertz CT molecular complexity index is 283. The van der Waals surface area contributed by atoms with Crippen molar-refractivity contribution in [3.8, 4) is 0 Å². The molecule has 0 aliphatic rings. The van der Waals surface area contributed by atoms with E-state index in [1.165, 1.54) is 13.2 Å². The molecule has 0 aromatic heterocycles. The SMILES string of the molecule is C=C(C)C(C)(C)C(=C)/C=C/C(=O)OC. The number of carbonyl (C=O) groups is 1. The molecule has 0 aliphatic carbocycles. The minimum absolute atomic E-state index is 0.190. The lowest BCUT2D eigenvalue weighted by molar-refractivity contribution is -0.134. The molecule has 0 saturated carbocycles. The number of hydrogen-bond donors (Lipinski definition) is 0. The molecule has 0 fully saturated rings. The van der Waals surface area contributed by atoms with Gasteiger partial charge < -0.3 is 4.74 Å². The van der Waals surface area contributed by atoms with Gasteiger partial charge in [-0.3, -0.25) is 0 Å². The van der Waals surface area contributed by atoms with Crippen LogP contribution in [0.3, 0.4) is 0 Å². The predicted molar refractivity (Wildman–Crippen MR) is 58.9 cm³/mol. The molecular formula is C12H18O2. The Hall–Kier alpha value is -1.31. The van der Waals surface area contributed by atoms with Crippen LogP contribution in [0.15, 0.2) is 36.5 Å². The minimum atomic E-state index is -0.372. The summed E-state index contributed by atoms with van der Waals surface area (Å²) < 4.78 is 4.48. The van der Waals surface area contributed by atoms with Crippen molar-refractivity contribution < 1.29 is 9.53 Å². The molecule has 0 aliphatic heterocycles. The van der Waals surface area contributed by atoms with Crippen LogP contribution >= 0.6 is 0 Å². The molecule has 0 aromatic carbocycles. The Morgan fingerprint density at radius 1 is 1.29 bits per heavy atom. The maximum absolute atomic E-state index is 10.8. The summed E-state index contributed by atoms with van der Waals surface area (Å²) in [5.41, 5.74) is 1.66. The van der Waals surface area contributed by atoms with E-state index in [4.69, 9.17) is 0 Å². The Morgan fingerprint density at radius 3 is 2.14 bits per heavy atom. The van der Waals surface area contributed by atoms with E-state index in [0.29, 0.717) is 0 Å². The molecule has 0 atom stereocenters. The second kappa shape index (κ2) is 4.80. The Labute approximate surface area is 86.0 Å². The van der Waals surface area contributed by atoms with Gasteiger partial charge >= 0.3 is 5.97 Å². The number of esters is 1. The first kappa shape index (κ1) is 12.7. The quantitative estimate of drug-likeness (QED) is 0.298. The second-order valence-electron chi connectivity index (χ2n) is 3.79. The van der Waals surface area contributed by atoms with Crippen molar-refractivity contribution in [1.29, 1.82) is 0 Å². The number of rotatable bonds is 4. The first-order valence-corrected chi connectivity index (χ1v) is 4.43. The summed E-state index contributed by atoms with van der Waals surface area (Å²) in [6.45, 7) is 13.8. The fourth-order valence-corrected chi connectivity index (χ4v) is 0.719. The van der Waals surface area contributed by atoms with Crippen LogP contribution in [0.2, 0.25) is 0 Å². The third-order valence-corrected chi connectivity index (χ3v) is 2.49. The highest BCUT2D eigenvalue weighted by Gasteiger charge is 2.20. The summed E-state index contributed by atoms with van der Waals surface area (Å²) in [5.74, 6) is -0.372. The highest BCUT2D eigenvalue weighted by atomic mass is 16.5. The summed E-state index contributed by atoms with van der Waals surface area (Å²) in [7, 11) is 1.35. The van der Waals surface area contributed by atoms with E-state index in [1.807, 2.05) is 20.8 Å². The average Bonchev–Trinajstić information content (AvgIpc) is 2.12. The van der Waals surface area contributed by atoms with E-state index < -0.39 is 0 Å². The van der Waals surface area contributed by atoms with Crippen LogP contribution in [0, 0.1) is 5.41 Å². The van der Waals surface area contributed by atoms with Gasteiger partial charge in [0.25, 0.3) is 0 Å². The molecule has 0 bridgehead atoms. The number of ether oxygens (including phenoxy) is 1. The van der Waals surface area contributed by atoms with Crippen LogP contribution in [0.25, 0.3) is 0 Å². The first-order chi connectivity index (χ1) is 6.32. The Kier molecular flexibility index (Phi) is 4.35. The fraction of sp³-hybridized carbons (Fsp3) is 0.417. The third kappa shape index (κ3) is 3.21. The molecule has 0 saturated heterocycles. The van der Waals surface area contributed by atoms with Gasteiger partial charge in [0.05, 0.1) is 7.11 Å². The van der Waals surface area contributed by atoms with Crippen molar-refractivity contribution >= 4 is 5.97 Å². The van der Waals surface area contributed by atoms with Gasteiger partial charge in [0.1, 0.15) is 0 Å². The normalized spacial score (nSPS) is 11.4. The fourth-order valence-electron chi connectivity index (χ4n) is 0.719. The van der Waals surface area contributed by atoms with Crippen molar-refractivity contribution in [1.82, 2.24) is 0 Å². The molecule has 0 unspecified atom stereocenters. The zero-order valence-electron chi connectivity index (χ0n) is 9.39. The standard InChI is InChI=1S/C12H18O2/c1-9(2)12(4,5)10(3)7-8-11(13)14-6/h7-8H,1,3H2,2,4-6H3/b8-7+. The predicted octanol–water partition coefficient (Wildman–Crippen LogP) is 2.87. The Morgan fingerprint density at radius 2 is 1.79 bits per heavy atom. The number of carbonyl (C=O) groups excluding carboxylic acids is 1. The minimum Gasteiger partial charge on any atom is -0.466 e. The number of hydrogen-bond acceptors (Lipinski definition) is 2. The molecule has 2 nitrogen and oxygen atoms in total. The number of methoxy groups -OCH3 is 1. The number of allylic oxidation sites excluding steroid dienone is 3. The summed E-state index contributed by atoms with van der Waals surface area (Å²) in [4.78, 5) is 10.8. The maximum atomic E-state index is 10.8. The second-order valence-corrected chi connectivity index (χ2v) is 3.79. The van der Waals surface area contributed by atoms with Crippen molar-refractivity contribution in [3.05, 3.63) is 36.5 Å². The van der Waals surface area contributed by atoms with Crippen molar-refractivity contribution in [3.63, 3.8) is 0 Å². The maximum Gasteiger partial charge on any atom is 0.330 e. The van der Waals surface area contributed by atoms with Crippen molar-refractivity contribution in [2.75, 3.05) is 7.11 Å². The molecule has 0 radical (unpaired) electrons. The lowest BCUT2D eigenvalue weighted by Crippen LogP contribution is -2.13. The summed E-state index contributed by atoms with van der Waals surface area (Å²) in [6, 6.07) is 0. The van der Waals surface area contributed by atoms with E-state index in [9.17, 15) is 4.79 Å². The summed E-state index contributed by atoms with van der Waals surface area (Å²) >= 11 is 0. The zero-order valence-corrected chi connectivity index (χ0v) is 9.39. The van der Waals surface area contributed by atoms with Gasteiger partial charge in [0.15, 0.2) is 0 Å². The third-order valence-electron chi connectivity index (χ3n) is 2.49. The van der Waals surface area contributed by atoms with Crippen LogP contribution in [-0.2, 0) is 9.53 Å². The largest absolute Gasteiger partial charge is 0.466 e. The van der Waals surface area contributed by atoms with Gasteiger partial charge in [-0.15, -0.1) is 0 Å². The van der Waals surface area contributed by atoms with E-state index in [-0.39, 0.29) is 11.4 Å². The smallest absolute Gasteiger partial charge is 0.330 e. The molecule has 2 heteroatoms. The monoisotopic (exact) mass is 194 g/mol. The molecule has 0 amide bonds. The van der Waals surface area contributed by atoms with E-state index >= 15 is 0 Å². The molecule has 14 heavy (non-hydrogen) atoms. The molecule has 0 rings (SSSR count). The molecule has 0 N–H and O–H groups in total. The van der Waals surface area contributed by atoms with Gasteiger partial charge in [0.2, 0.25) is 0 Å². The molecular weight excluding hydrogens is 176 g/mol. The highest BCUT2D eigenvalue weighted by Crippen LogP contribution is 2.32. The zero-order chi connectivity index (χ0) is 11.4. The van der Waals surface area contributed by atoms with Crippen LogP contribution in [0.1, 0.15) is 20.8 Å². The van der Waals surface area contributed by atoms with E-state index in [1.54, 1.807) is 6.08 Å². The van der Waals surface area contributed by atoms with E-state index in [2.05, 4.69) is 17.9 Å². The van der Waals surface area contributed by atoms with Gasteiger partial charge in [0, 0.05) is 11.5 Å². The lowest BCUT2D eigenvalue weighted by atomic mass is 9.79. The molecule has 78 valence electrons. The summed E-state index contributed by atoms with van der Waals surface area (Å²) in [5, 5.41) is 0. The van der Waals surface area contributed by atoms with Gasteiger partial charge in [-0.05, 0) is 12.5 Å². The Balaban J connectivity index is 4.58.